The van der Waals surface area contributed by atoms with E-state index < -0.39 is 6.03 Å². The van der Waals surface area contributed by atoms with Gasteiger partial charge >= 0.3 is 6.03 Å². The molecule has 3 aromatic rings. The standard InChI is InChI=1S/C19H19N5O2/c25-19(24(26)11-15-7-3-1-4-8-15)22-12-17(13-22)23-14-18(20-21-23)16-9-5-2-6-10-16/h1-10,14,17,26H,11-13H2. The summed E-state index contributed by atoms with van der Waals surface area (Å²) in [5.74, 6) is 0. The number of carbonyl (C=O) groups excluding carboxylic acids is 1. The lowest BCUT2D eigenvalue weighted by Gasteiger charge is -2.40. The van der Waals surface area contributed by atoms with Gasteiger partial charge in [0.05, 0.1) is 18.8 Å². The molecule has 2 aromatic carbocycles. The molecule has 0 saturated carbocycles. The molecule has 2 heterocycles. The zero-order valence-corrected chi connectivity index (χ0v) is 14.1. The summed E-state index contributed by atoms with van der Waals surface area (Å²) in [7, 11) is 0. The van der Waals surface area contributed by atoms with Crippen molar-refractivity contribution >= 4 is 6.03 Å². The number of nitrogens with zero attached hydrogens (tertiary/aromatic N) is 5. The van der Waals surface area contributed by atoms with Crippen molar-refractivity contribution in [2.24, 2.45) is 0 Å². The van der Waals surface area contributed by atoms with Crippen LogP contribution < -0.4 is 0 Å². The summed E-state index contributed by atoms with van der Waals surface area (Å²) in [4.78, 5) is 13.9. The van der Waals surface area contributed by atoms with Crippen LogP contribution in [0.25, 0.3) is 11.3 Å². The van der Waals surface area contributed by atoms with Gasteiger partial charge in [-0.15, -0.1) is 5.10 Å². The van der Waals surface area contributed by atoms with Crippen LogP contribution in [-0.2, 0) is 6.54 Å². The van der Waals surface area contributed by atoms with E-state index in [9.17, 15) is 10.0 Å². The van der Waals surface area contributed by atoms with E-state index in [4.69, 9.17) is 0 Å². The fourth-order valence-electron chi connectivity index (χ4n) is 2.96. The van der Waals surface area contributed by atoms with Crippen molar-refractivity contribution in [3.05, 3.63) is 72.4 Å². The minimum atomic E-state index is -0.395. The first-order valence-electron chi connectivity index (χ1n) is 8.47. The predicted octanol–water partition coefficient (Wildman–Crippen LogP) is 2.81. The van der Waals surface area contributed by atoms with Crippen LogP contribution >= 0.6 is 0 Å². The molecule has 1 aromatic heterocycles. The third-order valence-corrected chi connectivity index (χ3v) is 4.48. The van der Waals surface area contributed by atoms with E-state index in [1.165, 1.54) is 0 Å². The van der Waals surface area contributed by atoms with Crippen LogP contribution in [0.4, 0.5) is 4.79 Å². The molecule has 0 atom stereocenters. The van der Waals surface area contributed by atoms with E-state index in [2.05, 4.69) is 10.3 Å². The molecule has 0 bridgehead atoms. The number of benzene rings is 2. The van der Waals surface area contributed by atoms with Crippen LogP contribution in [0.15, 0.2) is 66.9 Å². The molecule has 4 rings (SSSR count). The second-order valence-corrected chi connectivity index (χ2v) is 6.33. The molecule has 2 amide bonds. The van der Waals surface area contributed by atoms with Gasteiger partial charge in [-0.05, 0) is 5.56 Å². The monoisotopic (exact) mass is 349 g/mol. The summed E-state index contributed by atoms with van der Waals surface area (Å²) in [5.41, 5.74) is 2.70. The highest BCUT2D eigenvalue weighted by atomic mass is 16.5. The SMILES string of the molecule is O=C(N(O)Cc1ccccc1)N1CC(n2cc(-c3ccccc3)nn2)C1. The van der Waals surface area contributed by atoms with E-state index in [1.54, 1.807) is 9.58 Å². The molecule has 132 valence electrons. The number of urea groups is 1. The largest absolute Gasteiger partial charge is 0.344 e. The number of likely N-dealkylation sites (tertiary alicyclic amines) is 1. The van der Waals surface area contributed by atoms with Crippen LogP contribution in [-0.4, -0.2) is 49.3 Å². The predicted molar refractivity (Wildman–Crippen MR) is 95.2 cm³/mol. The summed E-state index contributed by atoms with van der Waals surface area (Å²) in [6.07, 6.45) is 1.89. The van der Waals surface area contributed by atoms with Crippen LogP contribution in [0.2, 0.25) is 0 Å². The molecule has 1 aliphatic rings. The Morgan fingerprint density at radius 3 is 2.42 bits per heavy atom. The minimum Gasteiger partial charge on any atom is -0.318 e. The summed E-state index contributed by atoms with van der Waals surface area (Å²) in [6.45, 7) is 1.17. The molecule has 0 aliphatic carbocycles. The lowest BCUT2D eigenvalue weighted by molar-refractivity contribution is -0.0738. The van der Waals surface area contributed by atoms with Crippen molar-refractivity contribution in [2.75, 3.05) is 13.1 Å². The van der Waals surface area contributed by atoms with E-state index in [1.807, 2.05) is 66.9 Å². The third kappa shape index (κ3) is 3.29. The molecule has 1 aliphatic heterocycles. The number of hydrogen-bond donors (Lipinski definition) is 1. The van der Waals surface area contributed by atoms with Gasteiger partial charge in [-0.1, -0.05) is 65.9 Å². The molecule has 7 heteroatoms. The molecule has 1 fully saturated rings. The van der Waals surface area contributed by atoms with Crippen molar-refractivity contribution < 1.29 is 10.0 Å². The molecule has 1 saturated heterocycles. The van der Waals surface area contributed by atoms with Gasteiger partial charge in [0, 0.05) is 18.7 Å². The number of amides is 2. The number of aromatic nitrogens is 3. The number of carbonyl (C=O) groups is 1. The van der Waals surface area contributed by atoms with Crippen LogP contribution in [0.5, 0.6) is 0 Å². The smallest absolute Gasteiger partial charge is 0.318 e. The maximum Gasteiger partial charge on any atom is 0.344 e. The Hall–Kier alpha value is -3.19. The van der Waals surface area contributed by atoms with Gasteiger partial charge in [-0.25, -0.2) is 14.5 Å². The Bertz CT molecular complexity index is 875. The Labute approximate surface area is 151 Å². The van der Waals surface area contributed by atoms with Gasteiger partial charge in [-0.3, -0.25) is 5.21 Å². The van der Waals surface area contributed by atoms with Crippen LogP contribution in [0, 0.1) is 0 Å². The zero-order chi connectivity index (χ0) is 17.9. The number of rotatable bonds is 4. The Kier molecular flexibility index (Phi) is 4.37. The maximum absolute atomic E-state index is 12.3. The fourth-order valence-corrected chi connectivity index (χ4v) is 2.96. The topological polar surface area (TPSA) is 74.5 Å². The van der Waals surface area contributed by atoms with Gasteiger partial charge in [0.15, 0.2) is 0 Å². The zero-order valence-electron chi connectivity index (χ0n) is 14.1. The van der Waals surface area contributed by atoms with Gasteiger partial charge in [0.25, 0.3) is 0 Å². The fraction of sp³-hybridized carbons (Fsp3) is 0.211. The van der Waals surface area contributed by atoms with Crippen molar-refractivity contribution in [3.63, 3.8) is 0 Å². The highest BCUT2D eigenvalue weighted by Crippen LogP contribution is 2.24. The first-order valence-corrected chi connectivity index (χ1v) is 8.47. The normalized spacial score (nSPS) is 14.1. The van der Waals surface area contributed by atoms with Crippen LogP contribution in [0.1, 0.15) is 11.6 Å². The molecule has 7 nitrogen and oxygen atoms in total. The second kappa shape index (κ2) is 6.97. The summed E-state index contributed by atoms with van der Waals surface area (Å²) >= 11 is 0. The molecule has 26 heavy (non-hydrogen) atoms. The quantitative estimate of drug-likeness (QED) is 0.581. The highest BCUT2D eigenvalue weighted by Gasteiger charge is 2.35. The minimum absolute atomic E-state index is 0.0778. The maximum atomic E-state index is 12.3. The average Bonchev–Trinajstić information content (AvgIpc) is 3.11. The molecule has 0 spiro atoms. The van der Waals surface area contributed by atoms with Gasteiger partial charge in [0.2, 0.25) is 0 Å². The summed E-state index contributed by atoms with van der Waals surface area (Å²) < 4.78 is 1.78. The van der Waals surface area contributed by atoms with Gasteiger partial charge < -0.3 is 4.90 Å². The molecular weight excluding hydrogens is 330 g/mol. The Balaban J connectivity index is 1.34. The lowest BCUT2D eigenvalue weighted by Crippen LogP contribution is -2.54. The van der Waals surface area contributed by atoms with E-state index in [0.29, 0.717) is 13.1 Å². The molecular formula is C19H19N5O2. The molecule has 0 unspecified atom stereocenters. The van der Waals surface area contributed by atoms with E-state index in [0.717, 1.165) is 21.9 Å². The molecule has 0 radical (unpaired) electrons. The van der Waals surface area contributed by atoms with Crippen molar-refractivity contribution in [1.82, 2.24) is 25.0 Å². The summed E-state index contributed by atoms with van der Waals surface area (Å²) in [5, 5.41) is 19.1. The Morgan fingerprint density at radius 1 is 1.08 bits per heavy atom. The second-order valence-electron chi connectivity index (χ2n) is 6.33. The van der Waals surface area contributed by atoms with Crippen molar-refractivity contribution in [3.8, 4) is 11.3 Å². The summed E-state index contributed by atoms with van der Waals surface area (Å²) in [6, 6.07) is 18.9. The first kappa shape index (κ1) is 16.3. The Morgan fingerprint density at radius 2 is 1.73 bits per heavy atom. The number of hydrogen-bond acceptors (Lipinski definition) is 4. The lowest BCUT2D eigenvalue weighted by atomic mass is 10.1. The van der Waals surface area contributed by atoms with Gasteiger partial charge in [-0.2, -0.15) is 0 Å². The third-order valence-electron chi connectivity index (χ3n) is 4.48. The van der Waals surface area contributed by atoms with E-state index >= 15 is 0 Å². The van der Waals surface area contributed by atoms with Crippen LogP contribution in [0.3, 0.4) is 0 Å². The van der Waals surface area contributed by atoms with Crippen molar-refractivity contribution in [1.29, 1.82) is 0 Å². The number of hydroxylamine groups is 2. The van der Waals surface area contributed by atoms with Crippen molar-refractivity contribution in [2.45, 2.75) is 12.6 Å². The average molecular weight is 349 g/mol. The first-order chi connectivity index (χ1) is 12.7. The molecule has 1 N–H and O–H groups in total. The highest BCUT2D eigenvalue weighted by molar-refractivity contribution is 5.74. The van der Waals surface area contributed by atoms with E-state index in [-0.39, 0.29) is 12.6 Å². The van der Waals surface area contributed by atoms with Gasteiger partial charge in [0.1, 0.15) is 5.69 Å².